The summed E-state index contributed by atoms with van der Waals surface area (Å²) < 4.78 is 6.20. The maximum atomic E-state index is 12.3. The van der Waals surface area contributed by atoms with E-state index in [1.54, 1.807) is 17.2 Å². The molecule has 0 saturated carbocycles. The highest BCUT2D eigenvalue weighted by molar-refractivity contribution is 8.02. The fraction of sp³-hybridized carbons (Fsp3) is 0.125. The van der Waals surface area contributed by atoms with Gasteiger partial charge in [0.2, 0.25) is 5.91 Å². The Balaban J connectivity index is 1.70. The van der Waals surface area contributed by atoms with Crippen molar-refractivity contribution in [3.63, 3.8) is 0 Å². The number of carbonyl (C=O) groups excluding carboxylic acids is 1. The smallest absolute Gasteiger partial charge is 0.345 e. The van der Waals surface area contributed by atoms with Crippen molar-refractivity contribution in [3.05, 3.63) is 47.0 Å². The first-order valence-corrected chi connectivity index (χ1v) is 8.68. The molecule has 0 bridgehead atoms. The lowest BCUT2D eigenvalue weighted by atomic mass is 10.1. The van der Waals surface area contributed by atoms with E-state index in [1.807, 2.05) is 24.3 Å². The van der Waals surface area contributed by atoms with Crippen molar-refractivity contribution in [1.82, 2.24) is 0 Å². The minimum Gasteiger partial charge on any atom is -0.477 e. The van der Waals surface area contributed by atoms with Gasteiger partial charge >= 0.3 is 5.97 Å². The van der Waals surface area contributed by atoms with Crippen molar-refractivity contribution < 1.29 is 19.1 Å². The Morgan fingerprint density at radius 3 is 3.00 bits per heavy atom. The molecular weight excluding hydrogens is 334 g/mol. The molecular formula is C16H11NO4S2. The van der Waals surface area contributed by atoms with E-state index in [2.05, 4.69) is 0 Å². The van der Waals surface area contributed by atoms with Crippen LogP contribution >= 0.6 is 23.1 Å². The van der Waals surface area contributed by atoms with E-state index in [1.165, 1.54) is 23.1 Å². The fourth-order valence-electron chi connectivity index (χ4n) is 2.57. The van der Waals surface area contributed by atoms with E-state index >= 15 is 0 Å². The Morgan fingerprint density at radius 1 is 1.30 bits per heavy atom. The van der Waals surface area contributed by atoms with Crippen LogP contribution in [0, 0.1) is 0 Å². The minimum atomic E-state index is -0.961. The molecule has 1 aliphatic rings. The monoisotopic (exact) mass is 345 g/mol. The maximum Gasteiger partial charge on any atom is 0.345 e. The van der Waals surface area contributed by atoms with Crippen LogP contribution in [-0.2, 0) is 11.3 Å². The van der Waals surface area contributed by atoms with Gasteiger partial charge in [-0.15, -0.1) is 23.1 Å². The highest BCUT2D eigenvalue weighted by atomic mass is 32.2. The van der Waals surface area contributed by atoms with Crippen molar-refractivity contribution in [2.24, 2.45) is 0 Å². The van der Waals surface area contributed by atoms with Gasteiger partial charge in [-0.2, -0.15) is 0 Å². The number of carboxylic acid groups (broad SMARTS) is 1. The molecule has 0 unspecified atom stereocenters. The number of carboxylic acids is 1. The van der Waals surface area contributed by atoms with Crippen LogP contribution in [-0.4, -0.2) is 22.7 Å². The van der Waals surface area contributed by atoms with E-state index in [-0.39, 0.29) is 10.8 Å². The van der Waals surface area contributed by atoms with Crippen molar-refractivity contribution in [3.8, 4) is 0 Å². The average molecular weight is 345 g/mol. The molecule has 4 rings (SSSR count). The van der Waals surface area contributed by atoms with Gasteiger partial charge in [0, 0.05) is 5.39 Å². The molecule has 2 aromatic heterocycles. The number of rotatable bonds is 3. The third-order valence-electron chi connectivity index (χ3n) is 3.67. The molecule has 1 amide bonds. The number of carbonyl (C=O) groups is 2. The van der Waals surface area contributed by atoms with E-state index in [9.17, 15) is 9.59 Å². The molecule has 1 aliphatic heterocycles. The van der Waals surface area contributed by atoms with Gasteiger partial charge in [-0.25, -0.2) is 4.79 Å². The third-order valence-corrected chi connectivity index (χ3v) is 6.04. The van der Waals surface area contributed by atoms with E-state index < -0.39 is 5.97 Å². The number of amides is 1. The number of furan rings is 1. The van der Waals surface area contributed by atoms with E-state index in [0.717, 1.165) is 20.7 Å². The van der Waals surface area contributed by atoms with Gasteiger partial charge in [0.05, 0.1) is 28.5 Å². The fourth-order valence-corrected chi connectivity index (χ4v) is 4.71. The predicted octanol–water partition coefficient (Wildman–Crippen LogP) is 3.83. The molecule has 1 N–H and O–H groups in total. The Labute approximate surface area is 139 Å². The summed E-state index contributed by atoms with van der Waals surface area (Å²) in [4.78, 5) is 25.4. The number of thiophene rings is 1. The SMILES string of the molecule is O=C(O)c1cc2c(s1)SCC(=O)N2Cc1ccc2occc2c1. The maximum absolute atomic E-state index is 12.3. The second-order valence-electron chi connectivity index (χ2n) is 5.15. The zero-order chi connectivity index (χ0) is 16.0. The van der Waals surface area contributed by atoms with Gasteiger partial charge in [-0.05, 0) is 29.8 Å². The standard InChI is InChI=1S/C16H11NO4S2/c18-14-8-22-16-11(6-13(23-16)15(19)20)17(14)7-9-1-2-12-10(5-9)3-4-21-12/h1-6H,7-8H2,(H,19,20). The normalized spacial score (nSPS) is 14.3. The summed E-state index contributed by atoms with van der Waals surface area (Å²) in [5, 5.41) is 10.1. The van der Waals surface area contributed by atoms with E-state index in [4.69, 9.17) is 9.52 Å². The zero-order valence-electron chi connectivity index (χ0n) is 11.8. The Morgan fingerprint density at radius 2 is 2.17 bits per heavy atom. The summed E-state index contributed by atoms with van der Waals surface area (Å²) in [5.74, 6) is -0.637. The van der Waals surface area contributed by atoms with Crippen LogP contribution in [0.3, 0.4) is 0 Å². The summed E-state index contributed by atoms with van der Waals surface area (Å²) in [6.45, 7) is 0.420. The van der Waals surface area contributed by atoms with Gasteiger partial charge < -0.3 is 14.4 Å². The molecule has 0 radical (unpaired) electrons. The highest BCUT2D eigenvalue weighted by Gasteiger charge is 2.28. The van der Waals surface area contributed by atoms with Gasteiger partial charge in [0.15, 0.2) is 0 Å². The summed E-state index contributed by atoms with van der Waals surface area (Å²) in [6, 6.07) is 9.25. The molecule has 1 aromatic carbocycles. The molecule has 0 saturated heterocycles. The first kappa shape index (κ1) is 14.3. The number of aromatic carboxylic acids is 1. The second-order valence-corrected chi connectivity index (χ2v) is 7.45. The third kappa shape index (κ3) is 2.51. The van der Waals surface area contributed by atoms with Crippen LogP contribution in [0.15, 0.2) is 45.2 Å². The Bertz CT molecular complexity index is 927. The summed E-state index contributed by atoms with van der Waals surface area (Å²) >= 11 is 2.62. The molecule has 0 spiro atoms. The number of anilines is 1. The number of hydrogen-bond donors (Lipinski definition) is 1. The quantitative estimate of drug-likeness (QED) is 0.781. The van der Waals surface area contributed by atoms with Gasteiger partial charge in [0.1, 0.15) is 10.5 Å². The number of benzene rings is 1. The first-order chi connectivity index (χ1) is 11.1. The first-order valence-electron chi connectivity index (χ1n) is 6.88. The number of nitrogens with zero attached hydrogens (tertiary/aromatic N) is 1. The van der Waals surface area contributed by atoms with Crippen molar-refractivity contribution in [2.75, 3.05) is 10.7 Å². The number of thioether (sulfide) groups is 1. The Hall–Kier alpha value is -2.25. The number of fused-ring (bicyclic) bond motifs is 2. The molecule has 3 aromatic rings. The second kappa shape index (κ2) is 5.43. The van der Waals surface area contributed by atoms with Crippen LogP contribution in [0.1, 0.15) is 15.2 Å². The van der Waals surface area contributed by atoms with Crippen molar-refractivity contribution in [2.45, 2.75) is 10.8 Å². The van der Waals surface area contributed by atoms with Crippen LogP contribution in [0.2, 0.25) is 0 Å². The predicted molar refractivity (Wildman–Crippen MR) is 89.4 cm³/mol. The van der Waals surface area contributed by atoms with Gasteiger partial charge in [-0.1, -0.05) is 6.07 Å². The van der Waals surface area contributed by atoms with Crippen LogP contribution < -0.4 is 4.90 Å². The molecule has 0 fully saturated rings. The molecule has 5 nitrogen and oxygen atoms in total. The molecule has 0 aliphatic carbocycles. The summed E-state index contributed by atoms with van der Waals surface area (Å²) in [6.07, 6.45) is 1.63. The lowest BCUT2D eigenvalue weighted by molar-refractivity contribution is -0.116. The lowest BCUT2D eigenvalue weighted by Crippen LogP contribution is -2.34. The van der Waals surface area contributed by atoms with Crippen molar-refractivity contribution >= 4 is 51.6 Å². The lowest BCUT2D eigenvalue weighted by Gasteiger charge is -2.26. The van der Waals surface area contributed by atoms with Crippen LogP contribution in [0.4, 0.5) is 5.69 Å². The van der Waals surface area contributed by atoms with E-state index in [0.29, 0.717) is 18.0 Å². The average Bonchev–Trinajstić information content (AvgIpc) is 3.16. The topological polar surface area (TPSA) is 70.8 Å². The molecule has 0 atom stereocenters. The summed E-state index contributed by atoms with van der Waals surface area (Å²) in [5.41, 5.74) is 2.48. The molecule has 7 heteroatoms. The van der Waals surface area contributed by atoms with Gasteiger partial charge in [-0.3, -0.25) is 4.79 Å². The van der Waals surface area contributed by atoms with Crippen molar-refractivity contribution in [1.29, 1.82) is 0 Å². The molecule has 23 heavy (non-hydrogen) atoms. The number of hydrogen-bond acceptors (Lipinski definition) is 5. The highest BCUT2D eigenvalue weighted by Crippen LogP contribution is 2.42. The molecule has 3 heterocycles. The Kier molecular flexibility index (Phi) is 3.39. The van der Waals surface area contributed by atoms with Crippen LogP contribution in [0.5, 0.6) is 0 Å². The van der Waals surface area contributed by atoms with Crippen LogP contribution in [0.25, 0.3) is 11.0 Å². The molecule has 116 valence electrons. The largest absolute Gasteiger partial charge is 0.477 e. The summed E-state index contributed by atoms with van der Waals surface area (Å²) in [7, 11) is 0. The zero-order valence-corrected chi connectivity index (χ0v) is 13.4. The van der Waals surface area contributed by atoms with Gasteiger partial charge in [0.25, 0.3) is 0 Å². The minimum absolute atomic E-state index is 0.00970.